The minimum Gasteiger partial charge on any atom is -0.473 e. The van der Waals surface area contributed by atoms with Crippen molar-refractivity contribution >= 4 is 17.8 Å². The summed E-state index contributed by atoms with van der Waals surface area (Å²) in [5.74, 6) is -14.4. The van der Waals surface area contributed by atoms with Crippen molar-refractivity contribution in [2.75, 3.05) is 0 Å². The number of hydrogen-bond donors (Lipinski definition) is 0. The Morgan fingerprint density at radius 3 is 2.18 bits per heavy atom. The SMILES string of the molecule is CC(Oc1c(F)c(F)c(F)c(F)c1F)C(=O)Oc1ccc2c(c1)O/C(=C\c1ccccc1)C2=O. The third kappa shape index (κ3) is 4.21. The van der Waals surface area contributed by atoms with Gasteiger partial charge in [0.2, 0.25) is 34.9 Å². The first kappa shape index (κ1) is 23.0. The van der Waals surface area contributed by atoms with Gasteiger partial charge in [-0.25, -0.2) is 18.0 Å². The highest BCUT2D eigenvalue weighted by atomic mass is 19.2. The lowest BCUT2D eigenvalue weighted by molar-refractivity contribution is -0.141. The second-order valence-corrected chi connectivity index (χ2v) is 7.09. The largest absolute Gasteiger partial charge is 0.473 e. The molecule has 1 aliphatic heterocycles. The summed E-state index contributed by atoms with van der Waals surface area (Å²) >= 11 is 0. The number of carbonyl (C=O) groups excluding carboxylic acids is 2. The number of rotatable bonds is 5. The van der Waals surface area contributed by atoms with Crippen molar-refractivity contribution in [1.29, 1.82) is 0 Å². The lowest BCUT2D eigenvalue weighted by atomic mass is 10.1. The van der Waals surface area contributed by atoms with Crippen LogP contribution in [0.4, 0.5) is 22.0 Å². The lowest BCUT2D eigenvalue weighted by Gasteiger charge is -2.15. The van der Waals surface area contributed by atoms with Crippen LogP contribution in [-0.2, 0) is 4.79 Å². The van der Waals surface area contributed by atoms with Gasteiger partial charge in [0.05, 0.1) is 5.56 Å². The van der Waals surface area contributed by atoms with E-state index in [9.17, 15) is 31.5 Å². The zero-order valence-corrected chi connectivity index (χ0v) is 17.2. The van der Waals surface area contributed by atoms with Crippen LogP contribution in [0, 0.1) is 29.1 Å². The third-order valence-corrected chi connectivity index (χ3v) is 4.75. The van der Waals surface area contributed by atoms with E-state index in [1.54, 1.807) is 24.3 Å². The van der Waals surface area contributed by atoms with Crippen LogP contribution in [0.5, 0.6) is 17.2 Å². The molecule has 0 radical (unpaired) electrons. The van der Waals surface area contributed by atoms with Crippen LogP contribution in [-0.4, -0.2) is 17.9 Å². The average molecular weight is 476 g/mol. The molecule has 0 bridgehead atoms. The number of esters is 1. The Kier molecular flexibility index (Phi) is 6.06. The monoisotopic (exact) mass is 476 g/mol. The number of ether oxygens (including phenoxy) is 3. The van der Waals surface area contributed by atoms with Gasteiger partial charge in [-0.3, -0.25) is 4.79 Å². The number of fused-ring (bicyclic) bond motifs is 1. The first-order valence-corrected chi connectivity index (χ1v) is 9.70. The summed E-state index contributed by atoms with van der Waals surface area (Å²) in [6, 6.07) is 12.8. The third-order valence-electron chi connectivity index (χ3n) is 4.75. The Labute approximate surface area is 189 Å². The van der Waals surface area contributed by atoms with Gasteiger partial charge in [-0.05, 0) is 30.7 Å². The second-order valence-electron chi connectivity index (χ2n) is 7.09. The Hall–Kier alpha value is -4.21. The zero-order valence-electron chi connectivity index (χ0n) is 17.2. The van der Waals surface area contributed by atoms with Crippen molar-refractivity contribution in [3.8, 4) is 17.2 Å². The van der Waals surface area contributed by atoms with E-state index >= 15 is 0 Å². The molecule has 0 aromatic heterocycles. The lowest BCUT2D eigenvalue weighted by Crippen LogP contribution is -2.29. The van der Waals surface area contributed by atoms with Crippen molar-refractivity contribution in [2.45, 2.75) is 13.0 Å². The molecule has 10 heteroatoms. The van der Waals surface area contributed by atoms with E-state index in [2.05, 4.69) is 4.74 Å². The molecule has 0 saturated carbocycles. The number of ketones is 1. The number of hydrogen-bond acceptors (Lipinski definition) is 5. The van der Waals surface area contributed by atoms with Gasteiger partial charge in [0.25, 0.3) is 0 Å². The van der Waals surface area contributed by atoms with Crippen molar-refractivity contribution in [2.24, 2.45) is 0 Å². The van der Waals surface area contributed by atoms with Crippen LogP contribution >= 0.6 is 0 Å². The predicted molar refractivity (Wildman–Crippen MR) is 108 cm³/mol. The number of carbonyl (C=O) groups is 2. The Morgan fingerprint density at radius 1 is 0.912 bits per heavy atom. The molecule has 5 nitrogen and oxygen atoms in total. The number of halogens is 5. The van der Waals surface area contributed by atoms with Crippen LogP contribution in [0.1, 0.15) is 22.8 Å². The number of Topliss-reactive ketones (excluding diaryl/α,β-unsaturated/α-hetero) is 1. The molecule has 174 valence electrons. The molecular formula is C24H13F5O5. The molecule has 0 N–H and O–H groups in total. The maximum atomic E-state index is 13.8. The molecule has 1 aliphatic rings. The van der Waals surface area contributed by atoms with Crippen molar-refractivity contribution in [3.05, 3.63) is 94.5 Å². The van der Waals surface area contributed by atoms with E-state index in [0.717, 1.165) is 12.5 Å². The fraction of sp³-hybridized carbons (Fsp3) is 0.0833. The van der Waals surface area contributed by atoms with Gasteiger partial charge in [0.1, 0.15) is 11.5 Å². The van der Waals surface area contributed by atoms with Crippen LogP contribution in [0.25, 0.3) is 6.08 Å². The topological polar surface area (TPSA) is 61.8 Å². The highest BCUT2D eigenvalue weighted by molar-refractivity contribution is 6.14. The van der Waals surface area contributed by atoms with Gasteiger partial charge in [-0.2, -0.15) is 8.78 Å². The Morgan fingerprint density at radius 2 is 1.53 bits per heavy atom. The molecule has 1 unspecified atom stereocenters. The summed E-state index contributed by atoms with van der Waals surface area (Å²) in [5.41, 5.74) is 0.942. The fourth-order valence-electron chi connectivity index (χ4n) is 3.04. The summed E-state index contributed by atoms with van der Waals surface area (Å²) in [7, 11) is 0. The van der Waals surface area contributed by atoms with Gasteiger partial charge < -0.3 is 14.2 Å². The summed E-state index contributed by atoms with van der Waals surface area (Å²) < 4.78 is 82.6. The molecule has 0 fully saturated rings. The van der Waals surface area contributed by atoms with Crippen molar-refractivity contribution in [1.82, 2.24) is 0 Å². The van der Waals surface area contributed by atoms with Crippen molar-refractivity contribution in [3.63, 3.8) is 0 Å². The standard InChI is InChI=1S/C24H13F5O5/c1-11(32-23-20(28)18(26)17(25)19(27)21(23)29)24(31)33-13-7-8-14-15(10-13)34-16(22(14)30)9-12-5-3-2-4-6-12/h2-11H,1H3/b16-9-. The van der Waals surface area contributed by atoms with E-state index < -0.39 is 46.9 Å². The Balaban J connectivity index is 1.49. The molecule has 0 aliphatic carbocycles. The molecule has 1 heterocycles. The van der Waals surface area contributed by atoms with Gasteiger partial charge in [-0.1, -0.05) is 30.3 Å². The van der Waals surface area contributed by atoms with E-state index in [1.807, 2.05) is 6.07 Å². The maximum Gasteiger partial charge on any atom is 0.352 e. The smallest absolute Gasteiger partial charge is 0.352 e. The quantitative estimate of drug-likeness (QED) is 0.124. The molecule has 0 saturated heterocycles. The molecule has 34 heavy (non-hydrogen) atoms. The van der Waals surface area contributed by atoms with Crippen LogP contribution in [0.2, 0.25) is 0 Å². The first-order valence-electron chi connectivity index (χ1n) is 9.70. The average Bonchev–Trinajstić information content (AvgIpc) is 3.14. The number of allylic oxidation sites excluding steroid dienone is 1. The van der Waals surface area contributed by atoms with E-state index in [4.69, 9.17) is 9.47 Å². The van der Waals surface area contributed by atoms with E-state index in [1.165, 1.54) is 24.3 Å². The van der Waals surface area contributed by atoms with Crippen LogP contribution in [0.15, 0.2) is 54.3 Å². The van der Waals surface area contributed by atoms with Gasteiger partial charge >= 0.3 is 5.97 Å². The summed E-state index contributed by atoms with van der Waals surface area (Å²) in [6.45, 7) is 0.995. The molecular weight excluding hydrogens is 463 g/mol. The normalized spacial score (nSPS) is 14.5. The highest BCUT2D eigenvalue weighted by Crippen LogP contribution is 2.35. The summed E-state index contributed by atoms with van der Waals surface area (Å²) in [4.78, 5) is 24.8. The molecule has 3 aromatic carbocycles. The molecule has 4 rings (SSSR count). The second kappa shape index (κ2) is 8.97. The fourth-order valence-corrected chi connectivity index (χ4v) is 3.04. The molecule has 1 atom stereocenters. The number of benzene rings is 3. The predicted octanol–water partition coefficient (Wildman–Crippen LogP) is 5.37. The minimum absolute atomic E-state index is 0.0488. The first-order chi connectivity index (χ1) is 16.2. The van der Waals surface area contributed by atoms with Gasteiger partial charge in [0, 0.05) is 6.07 Å². The maximum absolute atomic E-state index is 13.8. The van der Waals surface area contributed by atoms with Crippen LogP contribution in [0.3, 0.4) is 0 Å². The minimum atomic E-state index is -2.36. The Bertz CT molecular complexity index is 1310. The summed E-state index contributed by atoms with van der Waals surface area (Å²) in [5, 5.41) is 0. The highest BCUT2D eigenvalue weighted by Gasteiger charge is 2.31. The van der Waals surface area contributed by atoms with E-state index in [0.29, 0.717) is 0 Å². The molecule has 0 amide bonds. The van der Waals surface area contributed by atoms with E-state index in [-0.39, 0.29) is 28.6 Å². The van der Waals surface area contributed by atoms with Gasteiger partial charge in [0.15, 0.2) is 17.6 Å². The zero-order chi connectivity index (χ0) is 24.6. The summed E-state index contributed by atoms with van der Waals surface area (Å²) in [6.07, 6.45) is -0.217. The van der Waals surface area contributed by atoms with Crippen LogP contribution < -0.4 is 14.2 Å². The molecule has 3 aromatic rings. The van der Waals surface area contributed by atoms with Crippen molar-refractivity contribution < 1.29 is 45.8 Å². The van der Waals surface area contributed by atoms with Gasteiger partial charge in [-0.15, -0.1) is 0 Å². The molecule has 0 spiro atoms.